The van der Waals surface area contributed by atoms with Crippen LogP contribution in [-0.2, 0) is 102 Å². The zero-order chi connectivity index (χ0) is 79.2. The summed E-state index contributed by atoms with van der Waals surface area (Å²) >= 11 is 0. The standard InChI is InChI=1S/C63H83N17O26/c1-27(15-47(87)88)51-62(104)78-41(17-43(83)32-10-4-6-11-33(32)65)63(105)106-29(3)52(80-59(101)40(21-50(93)94)77-58(100)37(18-44(66)84)75-56(98)36(70-26-82)16-30-22-67-34-12-7-5-9-31(30)34)61(103)69-24-45(85)72-35(13-8-14-64)55(97)76-39(20-49(91)92)57(99)71-28(2)53(95)74-38(19-48(89)90)54(96)68-23-46(86)73-42(25-81)60(102)79-51/h4-7,9-12,22,26-29,35-42,51-52,67,81H,8,13-21,23-25,64-65H2,1-3H3,(H2,66,84)(H,68,96)(H,69,103)(H,70,82)(H,71,99)(H,72,85)(H,73,86)(H,74,95)(H,75,98)(H,76,97)(H,77,100)(H,78,104)(H,79,102)(H,80,101)(H,87,88)(H,89,90)(H,91,92)(H,93,94)/t27?,28-,29-,35+,36+,37-,38+,39+,40+,41+,42-,51+,52+/m1/s1. The SMILES string of the molecule is CC(CC(=O)O)[C@@H]1NC(=O)[C@@H](CO)NC(=O)CNC(=O)[C@H](CC(=O)O)NC(=O)[C@@H](C)NC(=O)[C@H](CC(=O)O)NC(=O)[C@H](CCCN)NC(=O)CNC(=O)[C@@H](NC(=O)[C@H](CC(=O)O)NC(=O)[C@@H](CC(N)=O)NC(=O)[C@H](Cc2c[nH]c3ccccc23)NC=O)[C@@H](C)OC(=O)[C@H](CC(=O)c2ccccc2N)NC1=O. The molecule has 1 saturated heterocycles. The first kappa shape index (κ1) is 85.7. The van der Waals surface area contributed by atoms with Crippen molar-refractivity contribution in [3.8, 4) is 0 Å². The molecule has 1 aliphatic heterocycles. The summed E-state index contributed by atoms with van der Waals surface area (Å²) in [5.74, 6) is -29.3. The summed E-state index contributed by atoms with van der Waals surface area (Å²) in [6.07, 6.45) is -8.21. The van der Waals surface area contributed by atoms with Crippen LogP contribution >= 0.6 is 0 Å². The Bertz CT molecular complexity index is 3830. The van der Waals surface area contributed by atoms with Crippen LogP contribution in [0, 0.1) is 5.92 Å². The number of H-pyrrole nitrogens is 1. The molecule has 25 N–H and O–H groups in total. The van der Waals surface area contributed by atoms with Crippen LogP contribution in [0.25, 0.3) is 10.9 Å². The highest BCUT2D eigenvalue weighted by atomic mass is 16.5. The van der Waals surface area contributed by atoms with Gasteiger partial charge in [-0.25, -0.2) is 4.79 Å². The Morgan fingerprint density at radius 1 is 0.594 bits per heavy atom. The number of primary amides is 1. The Balaban J connectivity index is 1.87. The van der Waals surface area contributed by atoms with Gasteiger partial charge in [-0.15, -0.1) is 0 Å². The molecule has 1 fully saturated rings. The maximum atomic E-state index is 14.7. The lowest BCUT2D eigenvalue weighted by molar-refractivity contribution is -0.156. The van der Waals surface area contributed by atoms with E-state index in [1.165, 1.54) is 30.5 Å². The van der Waals surface area contributed by atoms with Gasteiger partial charge in [0.05, 0.1) is 51.8 Å². The van der Waals surface area contributed by atoms with Crippen molar-refractivity contribution in [2.24, 2.45) is 17.4 Å². The summed E-state index contributed by atoms with van der Waals surface area (Å²) < 4.78 is 5.63. The second-order valence-electron chi connectivity index (χ2n) is 24.1. The number of carbonyl (C=O) groups is 20. The van der Waals surface area contributed by atoms with E-state index in [1.807, 2.05) is 21.3 Å². The molecule has 0 aliphatic carbocycles. The Hall–Kier alpha value is -12.7. The molecule has 1 aliphatic rings. The quantitative estimate of drug-likeness (QED) is 0.0139. The van der Waals surface area contributed by atoms with Gasteiger partial charge >= 0.3 is 29.8 Å². The fraction of sp³-hybridized carbons (Fsp3) is 0.460. The van der Waals surface area contributed by atoms with Crippen molar-refractivity contribution in [2.45, 2.75) is 151 Å². The molecule has 0 spiro atoms. The molecule has 43 heteroatoms. The van der Waals surface area contributed by atoms with Crippen LogP contribution in [-0.4, -0.2) is 248 Å². The Morgan fingerprint density at radius 2 is 1.13 bits per heavy atom. The minimum atomic E-state index is -2.44. The number of aromatic amines is 1. The second-order valence-corrected chi connectivity index (χ2v) is 24.1. The maximum absolute atomic E-state index is 14.7. The summed E-state index contributed by atoms with van der Waals surface area (Å²) in [7, 11) is 0. The number of benzene rings is 2. The highest BCUT2D eigenvalue weighted by molar-refractivity contribution is 6.05. The topological polar surface area (TPSA) is 702 Å². The van der Waals surface area contributed by atoms with E-state index in [1.54, 1.807) is 24.3 Å². The van der Waals surface area contributed by atoms with Crippen molar-refractivity contribution in [1.29, 1.82) is 0 Å². The lowest BCUT2D eigenvalue weighted by atomic mass is 9.96. The summed E-state index contributed by atoms with van der Waals surface area (Å²) in [5, 5.41) is 77.5. The van der Waals surface area contributed by atoms with E-state index in [0.717, 1.165) is 20.8 Å². The highest BCUT2D eigenvalue weighted by Gasteiger charge is 2.41. The Labute approximate surface area is 600 Å². The van der Waals surface area contributed by atoms with Crippen LogP contribution in [0.3, 0.4) is 0 Å². The molecule has 0 radical (unpaired) electrons. The average molecular weight is 1490 g/mol. The van der Waals surface area contributed by atoms with Gasteiger partial charge in [-0.1, -0.05) is 37.3 Å². The molecule has 106 heavy (non-hydrogen) atoms. The summed E-state index contributed by atoms with van der Waals surface area (Å²) in [4.78, 5) is 271. The zero-order valence-corrected chi connectivity index (χ0v) is 57.0. The number of nitrogens with two attached hydrogens (primary N) is 3. The van der Waals surface area contributed by atoms with Gasteiger partial charge in [0.25, 0.3) is 0 Å². The third-order valence-corrected chi connectivity index (χ3v) is 15.8. The van der Waals surface area contributed by atoms with Crippen LogP contribution in [0.2, 0.25) is 0 Å². The lowest BCUT2D eigenvalue weighted by Gasteiger charge is -2.30. The molecule has 43 nitrogen and oxygen atoms in total. The fourth-order valence-electron chi connectivity index (χ4n) is 10.3. The molecule has 3 aromatic rings. The number of ketones is 1. The predicted molar refractivity (Wildman–Crippen MR) is 359 cm³/mol. The number of hydrogen-bond acceptors (Lipinski definition) is 24. The molecule has 14 amide bonds. The van der Waals surface area contributed by atoms with Gasteiger partial charge in [0.1, 0.15) is 72.6 Å². The zero-order valence-electron chi connectivity index (χ0n) is 57.0. The van der Waals surface area contributed by atoms with Crippen molar-refractivity contribution in [3.63, 3.8) is 0 Å². The van der Waals surface area contributed by atoms with Gasteiger partial charge in [-0.2, -0.15) is 0 Å². The van der Waals surface area contributed by atoms with Gasteiger partial charge in [0.2, 0.25) is 83.2 Å². The van der Waals surface area contributed by atoms with Crippen LogP contribution < -0.4 is 86.3 Å². The number of nitrogens with one attached hydrogen (secondary N) is 14. The normalized spacial score (nSPS) is 22.0. The summed E-state index contributed by atoms with van der Waals surface area (Å²) in [6, 6.07) is -10.7. The molecule has 1 unspecified atom stereocenters. The van der Waals surface area contributed by atoms with Crippen LogP contribution in [0.1, 0.15) is 88.1 Å². The Morgan fingerprint density at radius 3 is 1.72 bits per heavy atom. The molecular formula is C63H83N17O26. The molecule has 2 aromatic carbocycles. The van der Waals surface area contributed by atoms with Crippen LogP contribution in [0.15, 0.2) is 54.7 Å². The van der Waals surface area contributed by atoms with Crippen LogP contribution in [0.5, 0.6) is 0 Å². The van der Waals surface area contributed by atoms with E-state index in [9.17, 15) is 121 Å². The largest absolute Gasteiger partial charge is 0.481 e. The average Bonchev–Trinajstić information content (AvgIpc) is 1.64. The first-order chi connectivity index (χ1) is 50.0. The minimum absolute atomic E-state index is 0.0938. The first-order valence-corrected chi connectivity index (χ1v) is 32.3. The number of aliphatic hydroxyl groups is 1. The molecule has 2 heterocycles. The first-order valence-electron chi connectivity index (χ1n) is 32.3. The number of esters is 1. The van der Waals surface area contributed by atoms with E-state index in [2.05, 4.69) is 52.8 Å². The smallest absolute Gasteiger partial charge is 0.329 e. The second kappa shape index (κ2) is 41.4. The lowest BCUT2D eigenvalue weighted by Crippen LogP contribution is -2.61. The number of nitrogen functional groups attached to an aromatic ring is 1. The number of carboxylic acid groups (broad SMARTS) is 4. The van der Waals surface area contributed by atoms with Crippen molar-refractivity contribution in [2.75, 3.05) is 32.0 Å². The Kier molecular flexibility index (Phi) is 33.5. The number of cyclic esters (lactones) is 1. The monoisotopic (exact) mass is 1490 g/mol. The number of anilines is 1. The number of aliphatic carboxylic acids is 4. The number of para-hydroxylation sites is 2. The van der Waals surface area contributed by atoms with Crippen molar-refractivity contribution in [1.82, 2.24) is 74.1 Å². The number of Topliss-reactive ketones (excluding diaryl/α,β-unsaturated/α-hetero) is 1. The highest BCUT2D eigenvalue weighted by Crippen LogP contribution is 2.21. The molecule has 4 rings (SSSR count). The third-order valence-electron chi connectivity index (χ3n) is 15.8. The van der Waals surface area contributed by atoms with E-state index in [0.29, 0.717) is 16.5 Å². The van der Waals surface area contributed by atoms with Gasteiger partial charge < -0.3 is 122 Å². The fourth-order valence-corrected chi connectivity index (χ4v) is 10.3. The van der Waals surface area contributed by atoms with Gasteiger partial charge in [-0.05, 0) is 62.9 Å². The van der Waals surface area contributed by atoms with Crippen molar-refractivity contribution >= 4 is 135 Å². The minimum Gasteiger partial charge on any atom is -0.481 e. The number of ether oxygens (including phenoxy) is 1. The number of aliphatic hydroxyl groups excluding tert-OH is 1. The van der Waals surface area contributed by atoms with Gasteiger partial charge in [0.15, 0.2) is 5.78 Å². The molecule has 0 saturated carbocycles. The van der Waals surface area contributed by atoms with Gasteiger partial charge in [-0.3, -0.25) is 91.1 Å². The van der Waals surface area contributed by atoms with E-state index >= 15 is 0 Å². The number of rotatable bonds is 28. The number of hydrogen-bond donors (Lipinski definition) is 22. The van der Waals surface area contributed by atoms with E-state index in [4.69, 9.17) is 21.9 Å². The van der Waals surface area contributed by atoms with Crippen LogP contribution in [0.4, 0.5) is 5.69 Å². The number of amides is 14. The van der Waals surface area contributed by atoms with Gasteiger partial charge in [0, 0.05) is 41.2 Å². The van der Waals surface area contributed by atoms with E-state index in [-0.39, 0.29) is 37.0 Å². The molecule has 1 aromatic heterocycles. The number of fused-ring (bicyclic) bond motifs is 1. The molecule has 576 valence electrons. The molecule has 13 atom stereocenters. The van der Waals surface area contributed by atoms with E-state index < -0.39 is 256 Å². The van der Waals surface area contributed by atoms with Crippen molar-refractivity contribution < 1.29 is 126 Å². The van der Waals surface area contributed by atoms with Crippen molar-refractivity contribution in [3.05, 3.63) is 65.9 Å². The summed E-state index contributed by atoms with van der Waals surface area (Å²) in [5.41, 5.74) is 17.8. The summed E-state index contributed by atoms with van der Waals surface area (Å²) in [6.45, 7) is -0.979. The number of carbonyl (C=O) groups excluding carboxylic acids is 16. The maximum Gasteiger partial charge on any atom is 0.329 e. The number of aromatic nitrogens is 1. The third kappa shape index (κ3) is 27.2. The molecule has 0 bridgehead atoms. The number of carboxylic acids is 4. The molecular weight excluding hydrogens is 1410 g/mol. The predicted octanol–water partition coefficient (Wildman–Crippen LogP) is -9.13.